The molecule has 0 radical (unpaired) electrons. The summed E-state index contributed by atoms with van der Waals surface area (Å²) >= 11 is 0. The summed E-state index contributed by atoms with van der Waals surface area (Å²) in [5.74, 6) is 0.786. The van der Waals surface area contributed by atoms with Gasteiger partial charge in [-0.3, -0.25) is 9.59 Å². The summed E-state index contributed by atoms with van der Waals surface area (Å²) in [6.45, 7) is 2.53. The molecule has 2 aromatic carbocycles. The van der Waals surface area contributed by atoms with Crippen LogP contribution in [0.1, 0.15) is 22.8 Å². The van der Waals surface area contributed by atoms with E-state index in [-0.39, 0.29) is 11.8 Å². The molecule has 0 fully saturated rings. The van der Waals surface area contributed by atoms with E-state index in [4.69, 9.17) is 9.47 Å². The lowest BCUT2D eigenvalue weighted by Crippen LogP contribution is -2.22. The number of carbonyl (C=O) groups is 2. The molecule has 0 aliphatic rings. The SMILES string of the molecule is CCOc1ccc(C=CC(=O)Nc2cc(C(=O)N(C)C)ccc2OC)cc1. The zero-order valence-electron chi connectivity index (χ0n) is 16.0. The van der Waals surface area contributed by atoms with Gasteiger partial charge in [0.05, 0.1) is 19.4 Å². The standard InChI is InChI=1S/C21H24N2O4/c1-5-27-17-10-6-15(7-11-17)8-13-20(24)22-18-14-16(21(25)23(2)3)9-12-19(18)26-4/h6-14H,5H2,1-4H3,(H,22,24). The molecule has 0 aliphatic carbocycles. The van der Waals surface area contributed by atoms with Crippen LogP contribution in [0.15, 0.2) is 48.5 Å². The van der Waals surface area contributed by atoms with Gasteiger partial charge in [-0.15, -0.1) is 0 Å². The molecule has 0 aromatic heterocycles. The number of rotatable bonds is 7. The second-order valence-corrected chi connectivity index (χ2v) is 5.94. The van der Waals surface area contributed by atoms with Gasteiger partial charge >= 0.3 is 0 Å². The number of nitrogens with one attached hydrogen (secondary N) is 1. The number of hydrogen-bond acceptors (Lipinski definition) is 4. The molecule has 6 heteroatoms. The quantitative estimate of drug-likeness (QED) is 0.760. The molecule has 0 aliphatic heterocycles. The van der Waals surface area contributed by atoms with Crippen molar-refractivity contribution < 1.29 is 19.1 Å². The Bertz CT molecular complexity index is 827. The topological polar surface area (TPSA) is 67.9 Å². The van der Waals surface area contributed by atoms with Crippen molar-refractivity contribution in [3.8, 4) is 11.5 Å². The van der Waals surface area contributed by atoms with E-state index in [1.807, 2.05) is 31.2 Å². The smallest absolute Gasteiger partial charge is 0.253 e. The Morgan fingerprint density at radius 3 is 2.41 bits per heavy atom. The molecular weight excluding hydrogens is 344 g/mol. The number of nitrogens with zero attached hydrogens (tertiary/aromatic N) is 1. The molecule has 0 heterocycles. The first-order valence-corrected chi connectivity index (χ1v) is 8.56. The summed E-state index contributed by atoms with van der Waals surface area (Å²) in [5, 5.41) is 2.75. The second kappa shape index (κ2) is 9.43. The van der Waals surface area contributed by atoms with Crippen LogP contribution >= 0.6 is 0 Å². The number of carbonyl (C=O) groups excluding carboxylic acids is 2. The fourth-order valence-corrected chi connectivity index (χ4v) is 2.39. The number of anilines is 1. The lowest BCUT2D eigenvalue weighted by Gasteiger charge is -2.14. The van der Waals surface area contributed by atoms with Crippen molar-refractivity contribution in [2.24, 2.45) is 0 Å². The van der Waals surface area contributed by atoms with Crippen molar-refractivity contribution in [1.82, 2.24) is 4.90 Å². The van der Waals surface area contributed by atoms with Crippen LogP contribution in [0.25, 0.3) is 6.08 Å². The van der Waals surface area contributed by atoms with Gasteiger partial charge < -0.3 is 19.7 Å². The van der Waals surface area contributed by atoms with Gasteiger partial charge in [0, 0.05) is 25.7 Å². The lowest BCUT2D eigenvalue weighted by molar-refractivity contribution is -0.111. The molecular formula is C21H24N2O4. The van der Waals surface area contributed by atoms with E-state index < -0.39 is 0 Å². The largest absolute Gasteiger partial charge is 0.495 e. The van der Waals surface area contributed by atoms with Crippen LogP contribution < -0.4 is 14.8 Å². The third-order valence-corrected chi connectivity index (χ3v) is 3.73. The summed E-state index contributed by atoms with van der Waals surface area (Å²) in [5.41, 5.74) is 1.77. The Morgan fingerprint density at radius 2 is 1.81 bits per heavy atom. The minimum Gasteiger partial charge on any atom is -0.495 e. The third-order valence-electron chi connectivity index (χ3n) is 3.73. The molecule has 0 bridgehead atoms. The maximum atomic E-state index is 12.3. The van der Waals surface area contributed by atoms with Gasteiger partial charge in [-0.05, 0) is 48.9 Å². The monoisotopic (exact) mass is 368 g/mol. The molecule has 1 N–H and O–H groups in total. The van der Waals surface area contributed by atoms with E-state index in [9.17, 15) is 9.59 Å². The Kier molecular flexibility index (Phi) is 7.00. The Morgan fingerprint density at radius 1 is 1.11 bits per heavy atom. The van der Waals surface area contributed by atoms with Gasteiger partial charge in [0.1, 0.15) is 11.5 Å². The van der Waals surface area contributed by atoms with Crippen LogP contribution in [0.2, 0.25) is 0 Å². The molecule has 2 aromatic rings. The third kappa shape index (κ3) is 5.60. The van der Waals surface area contributed by atoms with Crippen molar-refractivity contribution in [2.45, 2.75) is 6.92 Å². The maximum absolute atomic E-state index is 12.3. The molecule has 6 nitrogen and oxygen atoms in total. The van der Waals surface area contributed by atoms with Gasteiger partial charge in [-0.2, -0.15) is 0 Å². The van der Waals surface area contributed by atoms with Crippen LogP contribution in [-0.2, 0) is 4.79 Å². The van der Waals surface area contributed by atoms with E-state index >= 15 is 0 Å². The van der Waals surface area contributed by atoms with Gasteiger partial charge in [0.15, 0.2) is 0 Å². The van der Waals surface area contributed by atoms with Crippen molar-refractivity contribution >= 4 is 23.6 Å². The highest BCUT2D eigenvalue weighted by Crippen LogP contribution is 2.26. The van der Waals surface area contributed by atoms with Gasteiger partial charge in [-0.1, -0.05) is 12.1 Å². The van der Waals surface area contributed by atoms with Crippen LogP contribution in [0.4, 0.5) is 5.69 Å². The van der Waals surface area contributed by atoms with E-state index in [1.165, 1.54) is 18.1 Å². The molecule has 0 spiro atoms. The predicted octanol–water partition coefficient (Wildman–Crippen LogP) is 3.45. The van der Waals surface area contributed by atoms with Crippen LogP contribution in [-0.4, -0.2) is 44.5 Å². The number of amides is 2. The first-order chi connectivity index (χ1) is 12.9. The highest BCUT2D eigenvalue weighted by atomic mass is 16.5. The number of benzene rings is 2. The maximum Gasteiger partial charge on any atom is 0.253 e. The van der Waals surface area contributed by atoms with Gasteiger partial charge in [-0.25, -0.2) is 0 Å². The van der Waals surface area contributed by atoms with Crippen molar-refractivity contribution in [2.75, 3.05) is 33.1 Å². The Labute approximate surface area is 159 Å². The minimum absolute atomic E-state index is 0.155. The second-order valence-electron chi connectivity index (χ2n) is 5.94. The van der Waals surface area contributed by atoms with E-state index in [0.717, 1.165) is 11.3 Å². The van der Waals surface area contributed by atoms with Crippen molar-refractivity contribution in [3.63, 3.8) is 0 Å². The lowest BCUT2D eigenvalue weighted by atomic mass is 10.1. The fourth-order valence-electron chi connectivity index (χ4n) is 2.39. The molecule has 27 heavy (non-hydrogen) atoms. The van der Waals surface area contributed by atoms with Gasteiger partial charge in [0.25, 0.3) is 5.91 Å². The minimum atomic E-state index is -0.323. The predicted molar refractivity (Wildman–Crippen MR) is 106 cm³/mol. The molecule has 0 unspecified atom stereocenters. The molecule has 142 valence electrons. The normalized spacial score (nSPS) is 10.5. The molecule has 0 atom stereocenters. The summed E-state index contributed by atoms with van der Waals surface area (Å²) in [4.78, 5) is 25.9. The van der Waals surface area contributed by atoms with E-state index in [1.54, 1.807) is 38.4 Å². The van der Waals surface area contributed by atoms with Crippen LogP contribution in [0.5, 0.6) is 11.5 Å². The first kappa shape index (κ1) is 20.0. The first-order valence-electron chi connectivity index (χ1n) is 8.56. The highest BCUT2D eigenvalue weighted by molar-refractivity contribution is 6.04. The van der Waals surface area contributed by atoms with Crippen LogP contribution in [0, 0.1) is 0 Å². The average Bonchev–Trinajstić information content (AvgIpc) is 2.67. The van der Waals surface area contributed by atoms with E-state index in [0.29, 0.717) is 23.6 Å². The van der Waals surface area contributed by atoms with Crippen molar-refractivity contribution in [1.29, 1.82) is 0 Å². The van der Waals surface area contributed by atoms with Gasteiger partial charge in [0.2, 0.25) is 5.91 Å². The summed E-state index contributed by atoms with van der Waals surface area (Å²) in [6, 6.07) is 12.3. The molecule has 2 amide bonds. The molecule has 2 rings (SSSR count). The number of hydrogen-bond donors (Lipinski definition) is 1. The van der Waals surface area contributed by atoms with Crippen LogP contribution in [0.3, 0.4) is 0 Å². The summed E-state index contributed by atoms with van der Waals surface area (Å²) in [7, 11) is 4.85. The molecule has 0 saturated carbocycles. The average molecular weight is 368 g/mol. The fraction of sp³-hybridized carbons (Fsp3) is 0.238. The Hall–Kier alpha value is -3.28. The Balaban J connectivity index is 2.11. The summed E-state index contributed by atoms with van der Waals surface area (Å²) < 4.78 is 10.7. The number of methoxy groups -OCH3 is 1. The molecule has 0 saturated heterocycles. The highest BCUT2D eigenvalue weighted by Gasteiger charge is 2.13. The zero-order chi connectivity index (χ0) is 19.8. The summed E-state index contributed by atoms with van der Waals surface area (Å²) in [6.07, 6.45) is 3.13. The van der Waals surface area contributed by atoms with Crippen molar-refractivity contribution in [3.05, 3.63) is 59.7 Å². The number of ether oxygens (including phenoxy) is 2. The van der Waals surface area contributed by atoms with E-state index in [2.05, 4.69) is 5.32 Å². The zero-order valence-corrected chi connectivity index (χ0v) is 16.0.